The lowest BCUT2D eigenvalue weighted by molar-refractivity contribution is -0.134. The standard InChI is InChI=1S/C12H25N3O3S.ClH/c1-5-19(17,18)14(4)8-11(16)15-7-6-10(13)12(2,3)9-15;/h10H,5-9,13H2,1-4H3;1H. The Bertz CT molecular complexity index is 439. The lowest BCUT2D eigenvalue weighted by Crippen LogP contribution is -2.55. The van der Waals surface area contributed by atoms with E-state index in [9.17, 15) is 13.2 Å². The molecule has 6 nitrogen and oxygen atoms in total. The zero-order valence-corrected chi connectivity index (χ0v) is 14.3. The van der Waals surface area contributed by atoms with E-state index in [0.717, 1.165) is 10.7 Å². The Hall–Kier alpha value is -0.370. The summed E-state index contributed by atoms with van der Waals surface area (Å²) in [6, 6.07) is 0.0775. The number of piperidine rings is 1. The molecule has 1 atom stereocenters. The van der Waals surface area contributed by atoms with Gasteiger partial charge in [0, 0.05) is 26.2 Å². The summed E-state index contributed by atoms with van der Waals surface area (Å²) >= 11 is 0. The van der Waals surface area contributed by atoms with Crippen molar-refractivity contribution >= 4 is 28.3 Å². The summed E-state index contributed by atoms with van der Waals surface area (Å²) in [6.45, 7) is 6.71. The fourth-order valence-corrected chi connectivity index (χ4v) is 2.94. The molecular weight excluding hydrogens is 302 g/mol. The highest BCUT2D eigenvalue weighted by molar-refractivity contribution is 7.89. The van der Waals surface area contributed by atoms with Crippen LogP contribution in [0.1, 0.15) is 27.2 Å². The second-order valence-electron chi connectivity index (χ2n) is 5.86. The average Bonchev–Trinajstić information content (AvgIpc) is 2.32. The van der Waals surface area contributed by atoms with Crippen LogP contribution in [0.5, 0.6) is 0 Å². The number of carbonyl (C=O) groups excluding carboxylic acids is 1. The second-order valence-corrected chi connectivity index (χ2v) is 8.22. The number of halogens is 1. The fourth-order valence-electron chi connectivity index (χ4n) is 2.20. The van der Waals surface area contributed by atoms with Crippen LogP contribution in [0.3, 0.4) is 0 Å². The number of nitrogens with zero attached hydrogens (tertiary/aromatic N) is 2. The summed E-state index contributed by atoms with van der Waals surface area (Å²) in [5, 5.41) is 0. The summed E-state index contributed by atoms with van der Waals surface area (Å²) in [6.07, 6.45) is 0.753. The highest BCUT2D eigenvalue weighted by Crippen LogP contribution is 2.27. The lowest BCUT2D eigenvalue weighted by Gasteiger charge is -2.42. The first-order valence-corrected chi connectivity index (χ1v) is 8.18. The van der Waals surface area contributed by atoms with E-state index in [1.54, 1.807) is 11.8 Å². The normalized spacial score (nSPS) is 22.5. The van der Waals surface area contributed by atoms with Gasteiger partial charge in [-0.3, -0.25) is 4.79 Å². The van der Waals surface area contributed by atoms with Crippen LogP contribution in [-0.4, -0.2) is 62.0 Å². The number of carbonyl (C=O) groups is 1. The Morgan fingerprint density at radius 3 is 2.45 bits per heavy atom. The van der Waals surface area contributed by atoms with Crippen LogP contribution >= 0.6 is 12.4 Å². The minimum Gasteiger partial charge on any atom is -0.341 e. The van der Waals surface area contributed by atoms with E-state index >= 15 is 0 Å². The third-order valence-electron chi connectivity index (χ3n) is 3.86. The molecule has 1 rings (SSSR count). The van der Waals surface area contributed by atoms with Crippen molar-refractivity contribution in [1.29, 1.82) is 0 Å². The molecule has 0 aromatic rings. The van der Waals surface area contributed by atoms with Crippen molar-refractivity contribution < 1.29 is 13.2 Å². The molecule has 1 aliphatic heterocycles. The second kappa shape index (κ2) is 7.06. The molecule has 0 aromatic carbocycles. The molecule has 0 saturated carbocycles. The van der Waals surface area contributed by atoms with Gasteiger partial charge in [-0.2, -0.15) is 4.31 Å². The van der Waals surface area contributed by atoms with Gasteiger partial charge in [-0.25, -0.2) is 8.42 Å². The van der Waals surface area contributed by atoms with E-state index in [1.807, 2.05) is 13.8 Å². The SMILES string of the molecule is CCS(=O)(=O)N(C)CC(=O)N1CCC(N)C(C)(C)C1.Cl. The summed E-state index contributed by atoms with van der Waals surface area (Å²) < 4.78 is 24.4. The quantitative estimate of drug-likeness (QED) is 0.803. The molecular formula is C12H26ClN3O3S. The molecule has 120 valence electrons. The number of hydrogen-bond donors (Lipinski definition) is 1. The highest BCUT2D eigenvalue weighted by Gasteiger charge is 2.35. The van der Waals surface area contributed by atoms with Crippen molar-refractivity contribution in [3.8, 4) is 0 Å². The Morgan fingerprint density at radius 2 is 2.00 bits per heavy atom. The summed E-state index contributed by atoms with van der Waals surface area (Å²) in [4.78, 5) is 13.9. The van der Waals surface area contributed by atoms with E-state index in [0.29, 0.717) is 13.1 Å². The molecule has 1 saturated heterocycles. The monoisotopic (exact) mass is 327 g/mol. The van der Waals surface area contributed by atoms with Crippen LogP contribution in [0, 0.1) is 5.41 Å². The third kappa shape index (κ3) is 4.58. The molecule has 1 fully saturated rings. The molecule has 20 heavy (non-hydrogen) atoms. The van der Waals surface area contributed by atoms with Crippen molar-refractivity contribution in [1.82, 2.24) is 9.21 Å². The molecule has 1 amide bonds. The summed E-state index contributed by atoms with van der Waals surface area (Å²) in [5.41, 5.74) is 5.89. The van der Waals surface area contributed by atoms with Crippen molar-refractivity contribution in [2.24, 2.45) is 11.1 Å². The first-order valence-electron chi connectivity index (χ1n) is 6.57. The van der Waals surface area contributed by atoms with E-state index in [-0.39, 0.29) is 42.1 Å². The van der Waals surface area contributed by atoms with Gasteiger partial charge >= 0.3 is 0 Å². The predicted octanol–water partition coefficient (Wildman–Crippen LogP) is 0.276. The topological polar surface area (TPSA) is 83.7 Å². The molecule has 0 aliphatic carbocycles. The molecule has 8 heteroatoms. The Labute approximate surface area is 128 Å². The minimum atomic E-state index is -3.31. The molecule has 0 aromatic heterocycles. The van der Waals surface area contributed by atoms with Gasteiger partial charge in [0.15, 0.2) is 0 Å². The number of nitrogens with two attached hydrogens (primary N) is 1. The maximum absolute atomic E-state index is 12.1. The first-order chi connectivity index (χ1) is 8.60. The van der Waals surface area contributed by atoms with Gasteiger partial charge in [-0.1, -0.05) is 13.8 Å². The number of hydrogen-bond acceptors (Lipinski definition) is 4. The molecule has 0 radical (unpaired) electrons. The maximum atomic E-state index is 12.1. The van der Waals surface area contributed by atoms with Crippen LogP contribution in [0.25, 0.3) is 0 Å². The molecule has 0 bridgehead atoms. The van der Waals surface area contributed by atoms with Crippen LogP contribution in [0.4, 0.5) is 0 Å². The number of sulfonamides is 1. The third-order valence-corrected chi connectivity index (χ3v) is 5.67. The van der Waals surface area contributed by atoms with Gasteiger partial charge in [0.2, 0.25) is 15.9 Å². The van der Waals surface area contributed by atoms with Crippen LogP contribution < -0.4 is 5.73 Å². The Balaban J connectivity index is 0.00000361. The largest absolute Gasteiger partial charge is 0.341 e. The van der Waals surface area contributed by atoms with Crippen molar-refractivity contribution in [3.63, 3.8) is 0 Å². The van der Waals surface area contributed by atoms with E-state index in [4.69, 9.17) is 5.73 Å². The zero-order valence-electron chi connectivity index (χ0n) is 12.6. The predicted molar refractivity (Wildman–Crippen MR) is 82.3 cm³/mol. The zero-order chi connectivity index (χ0) is 14.8. The van der Waals surface area contributed by atoms with Crippen LogP contribution in [0.15, 0.2) is 0 Å². The number of likely N-dealkylation sites (N-methyl/N-ethyl adjacent to an activating group) is 1. The van der Waals surface area contributed by atoms with Crippen molar-refractivity contribution in [2.45, 2.75) is 33.2 Å². The summed E-state index contributed by atoms with van der Waals surface area (Å²) in [7, 11) is -1.87. The van der Waals surface area contributed by atoms with E-state index in [1.165, 1.54) is 7.05 Å². The van der Waals surface area contributed by atoms with Gasteiger partial charge in [0.25, 0.3) is 0 Å². The minimum absolute atomic E-state index is 0. The van der Waals surface area contributed by atoms with Gasteiger partial charge < -0.3 is 10.6 Å². The highest BCUT2D eigenvalue weighted by atomic mass is 35.5. The lowest BCUT2D eigenvalue weighted by atomic mass is 9.80. The molecule has 1 unspecified atom stereocenters. The molecule has 2 N–H and O–H groups in total. The smallest absolute Gasteiger partial charge is 0.237 e. The number of likely N-dealkylation sites (tertiary alicyclic amines) is 1. The van der Waals surface area contributed by atoms with Crippen LogP contribution in [-0.2, 0) is 14.8 Å². The first kappa shape index (κ1) is 19.6. The Kier molecular flexibility index (Phi) is 6.93. The summed E-state index contributed by atoms with van der Waals surface area (Å²) in [5.74, 6) is -0.146. The van der Waals surface area contributed by atoms with Gasteiger partial charge in [-0.15, -0.1) is 12.4 Å². The Morgan fingerprint density at radius 1 is 1.45 bits per heavy atom. The molecule has 1 heterocycles. The molecule has 1 aliphatic rings. The fraction of sp³-hybridized carbons (Fsp3) is 0.917. The van der Waals surface area contributed by atoms with Gasteiger partial charge in [-0.05, 0) is 18.8 Å². The van der Waals surface area contributed by atoms with E-state index < -0.39 is 10.0 Å². The number of rotatable bonds is 4. The van der Waals surface area contributed by atoms with Crippen LogP contribution in [0.2, 0.25) is 0 Å². The maximum Gasteiger partial charge on any atom is 0.237 e. The van der Waals surface area contributed by atoms with E-state index in [2.05, 4.69) is 0 Å². The molecule has 0 spiro atoms. The van der Waals surface area contributed by atoms with Crippen molar-refractivity contribution in [3.05, 3.63) is 0 Å². The average molecular weight is 328 g/mol. The van der Waals surface area contributed by atoms with Crippen molar-refractivity contribution in [2.75, 3.05) is 32.4 Å². The number of amides is 1. The van der Waals surface area contributed by atoms with Gasteiger partial charge in [0.05, 0.1) is 12.3 Å². The van der Waals surface area contributed by atoms with Gasteiger partial charge in [0.1, 0.15) is 0 Å².